The van der Waals surface area contributed by atoms with Crippen LogP contribution in [0, 0.1) is 0 Å². The first-order chi connectivity index (χ1) is 12.4. The summed E-state index contributed by atoms with van der Waals surface area (Å²) in [5.41, 5.74) is -3.76. The molecule has 1 aromatic rings. The second-order valence-electron chi connectivity index (χ2n) is 5.26. The van der Waals surface area contributed by atoms with Gasteiger partial charge < -0.3 is 5.32 Å². The van der Waals surface area contributed by atoms with E-state index in [2.05, 4.69) is 10.3 Å². The van der Waals surface area contributed by atoms with Crippen molar-refractivity contribution in [3.8, 4) is 0 Å². The molecular formula is C15H10F6N2O3S. The highest BCUT2D eigenvalue weighted by atomic mass is 32.2. The van der Waals surface area contributed by atoms with Crippen LogP contribution in [-0.4, -0.2) is 44.2 Å². The molecule has 0 spiro atoms. The number of benzene rings is 1. The molecule has 0 aromatic heterocycles. The van der Waals surface area contributed by atoms with E-state index >= 15 is 0 Å². The van der Waals surface area contributed by atoms with Gasteiger partial charge in [0.05, 0.1) is 16.8 Å². The van der Waals surface area contributed by atoms with Crippen molar-refractivity contribution in [2.24, 2.45) is 4.99 Å². The fourth-order valence-electron chi connectivity index (χ4n) is 2.28. The number of allylic oxidation sites excluding steroid dienone is 1. The molecule has 0 fully saturated rings. The van der Waals surface area contributed by atoms with Gasteiger partial charge in [0.2, 0.25) is 16.2 Å². The van der Waals surface area contributed by atoms with E-state index in [9.17, 15) is 39.6 Å². The number of hydrogen-bond acceptors (Lipinski definition) is 4. The molecule has 1 N–H and O–H groups in total. The third-order valence-corrected chi connectivity index (χ3v) is 4.27. The Kier molecular flexibility index (Phi) is 5.50. The van der Waals surface area contributed by atoms with Gasteiger partial charge in [-0.15, -0.1) is 0 Å². The molecule has 146 valence electrons. The van der Waals surface area contributed by atoms with Crippen molar-refractivity contribution < 1.29 is 39.6 Å². The van der Waals surface area contributed by atoms with Gasteiger partial charge in [-0.2, -0.15) is 34.8 Å². The summed E-state index contributed by atoms with van der Waals surface area (Å²) in [6.45, 7) is 0. The Morgan fingerprint density at radius 1 is 1.04 bits per heavy atom. The lowest BCUT2D eigenvalue weighted by atomic mass is 9.95. The topological polar surface area (TPSA) is 75.6 Å². The first-order valence-electron chi connectivity index (χ1n) is 7.08. The number of alkyl halides is 6. The summed E-state index contributed by atoms with van der Waals surface area (Å²) >= 11 is 0. The second kappa shape index (κ2) is 7.18. The number of aliphatic imine (C=N–C) groups is 1. The van der Waals surface area contributed by atoms with Crippen LogP contribution in [0.5, 0.6) is 0 Å². The number of hydrogen-bond donors (Lipinski definition) is 1. The lowest BCUT2D eigenvalue weighted by Gasteiger charge is -2.22. The predicted octanol–water partition coefficient (Wildman–Crippen LogP) is 2.16. The Balaban J connectivity index is 2.68. The standard InChI is InChI=1S/C15H10F6N2O3S/c1-22-13(24)12-10(27(25)26)6-9(15(19,20)21)11(23-12)7-2-4-8(5-3-7)14(16,17)18/h2-6,12H,1H3,(H,22,24). The summed E-state index contributed by atoms with van der Waals surface area (Å²) in [5, 5.41) is 2.07. The molecular weight excluding hydrogens is 402 g/mol. The normalized spacial score (nSPS) is 17.9. The van der Waals surface area contributed by atoms with Gasteiger partial charge in [-0.1, -0.05) is 12.1 Å². The quantitative estimate of drug-likeness (QED) is 0.598. The maximum atomic E-state index is 13.3. The van der Waals surface area contributed by atoms with Crippen molar-refractivity contribution in [3.05, 3.63) is 47.0 Å². The predicted molar refractivity (Wildman–Crippen MR) is 83.9 cm³/mol. The zero-order valence-electron chi connectivity index (χ0n) is 13.3. The second-order valence-corrected chi connectivity index (χ2v) is 6.20. The highest BCUT2D eigenvalue weighted by molar-refractivity contribution is 7.73. The van der Waals surface area contributed by atoms with Gasteiger partial charge in [0, 0.05) is 12.6 Å². The molecule has 0 radical (unpaired) electrons. The van der Waals surface area contributed by atoms with Crippen molar-refractivity contribution in [1.82, 2.24) is 5.32 Å². The van der Waals surface area contributed by atoms with E-state index in [0.29, 0.717) is 12.1 Å². The third-order valence-electron chi connectivity index (χ3n) is 3.55. The zero-order chi connectivity index (χ0) is 20.6. The molecule has 0 aliphatic carbocycles. The highest BCUT2D eigenvalue weighted by Crippen LogP contribution is 2.34. The molecule has 1 atom stereocenters. The summed E-state index contributed by atoms with van der Waals surface area (Å²) in [6.07, 6.45) is -9.50. The first kappa shape index (κ1) is 20.7. The Bertz CT molecular complexity index is 949. The number of nitrogens with zero attached hydrogens (tertiary/aromatic N) is 1. The number of amides is 1. The number of rotatable bonds is 2. The van der Waals surface area contributed by atoms with Crippen LogP contribution >= 0.6 is 0 Å². The molecule has 0 saturated carbocycles. The number of nitrogens with one attached hydrogen (secondary N) is 1. The van der Waals surface area contributed by atoms with Crippen LogP contribution in [0.2, 0.25) is 0 Å². The molecule has 2 rings (SSSR count). The van der Waals surface area contributed by atoms with Crippen molar-refractivity contribution >= 4 is 26.8 Å². The van der Waals surface area contributed by atoms with Gasteiger partial charge in [0.1, 0.15) is 4.86 Å². The molecule has 5 nitrogen and oxygen atoms in total. The Morgan fingerprint density at radius 3 is 2.00 bits per heavy atom. The van der Waals surface area contributed by atoms with Gasteiger partial charge in [-0.25, -0.2) is 0 Å². The maximum Gasteiger partial charge on any atom is 0.418 e. The van der Waals surface area contributed by atoms with E-state index in [1.54, 1.807) is 0 Å². The van der Waals surface area contributed by atoms with Crippen LogP contribution in [-0.2, 0) is 21.3 Å². The summed E-state index contributed by atoms with van der Waals surface area (Å²) in [4.78, 5) is 14.5. The number of likely N-dealkylation sites (N-methyl/N-ethyl adjacent to an activating group) is 1. The number of carbonyl (C=O) groups is 1. The van der Waals surface area contributed by atoms with Crippen LogP contribution in [0.25, 0.3) is 0 Å². The van der Waals surface area contributed by atoms with Gasteiger partial charge >= 0.3 is 12.4 Å². The lowest BCUT2D eigenvalue weighted by molar-refractivity contribution is -0.137. The van der Waals surface area contributed by atoms with Crippen molar-refractivity contribution in [3.63, 3.8) is 0 Å². The average Bonchev–Trinajstić information content (AvgIpc) is 2.58. The lowest BCUT2D eigenvalue weighted by Crippen LogP contribution is -2.41. The molecule has 1 aliphatic rings. The molecule has 1 aromatic carbocycles. The zero-order valence-corrected chi connectivity index (χ0v) is 14.1. The monoisotopic (exact) mass is 412 g/mol. The van der Waals surface area contributed by atoms with Crippen LogP contribution in [0.1, 0.15) is 11.1 Å². The van der Waals surface area contributed by atoms with Crippen LogP contribution in [0.4, 0.5) is 26.3 Å². The van der Waals surface area contributed by atoms with Crippen molar-refractivity contribution in [2.75, 3.05) is 7.05 Å². The van der Waals surface area contributed by atoms with Gasteiger partial charge in [0.25, 0.3) is 0 Å². The average molecular weight is 412 g/mol. The summed E-state index contributed by atoms with van der Waals surface area (Å²) < 4.78 is 100. The molecule has 1 amide bonds. The summed E-state index contributed by atoms with van der Waals surface area (Å²) in [7, 11) is -2.04. The number of carbonyl (C=O) groups excluding carboxylic acids is 1. The van der Waals surface area contributed by atoms with E-state index in [1.807, 2.05) is 0 Å². The molecule has 1 heterocycles. The molecule has 12 heteroatoms. The number of halogens is 6. The van der Waals surface area contributed by atoms with E-state index in [-0.39, 0.29) is 11.6 Å². The third kappa shape index (κ3) is 4.38. The smallest absolute Gasteiger partial charge is 0.357 e. The van der Waals surface area contributed by atoms with E-state index < -0.39 is 56.3 Å². The molecule has 1 aliphatic heterocycles. The van der Waals surface area contributed by atoms with Crippen molar-refractivity contribution in [2.45, 2.75) is 18.4 Å². The van der Waals surface area contributed by atoms with E-state index in [1.165, 1.54) is 0 Å². The largest absolute Gasteiger partial charge is 0.418 e. The minimum absolute atomic E-state index is 0.253. The first-order valence-corrected chi connectivity index (χ1v) is 8.16. The highest BCUT2D eigenvalue weighted by Gasteiger charge is 2.42. The van der Waals surface area contributed by atoms with Crippen molar-refractivity contribution in [1.29, 1.82) is 0 Å². The fourth-order valence-corrected chi connectivity index (χ4v) is 2.83. The summed E-state index contributed by atoms with van der Waals surface area (Å²) in [6, 6.07) is 0.858. The summed E-state index contributed by atoms with van der Waals surface area (Å²) in [5.74, 6) is -0.990. The molecule has 0 bridgehead atoms. The molecule has 1 unspecified atom stereocenters. The Morgan fingerprint density at radius 2 is 1.59 bits per heavy atom. The van der Waals surface area contributed by atoms with Gasteiger partial charge in [-0.3, -0.25) is 9.79 Å². The number of dihydropyridines is 1. The van der Waals surface area contributed by atoms with Crippen LogP contribution in [0.15, 0.2) is 40.9 Å². The SMILES string of the molecule is CNC(=O)C1N=C(c2ccc(C(F)(F)F)cc2)C(C(F)(F)F)=CC1=S(=O)=O. The fraction of sp³-hybridized carbons (Fsp3) is 0.267. The van der Waals surface area contributed by atoms with E-state index in [0.717, 1.165) is 19.2 Å². The van der Waals surface area contributed by atoms with Crippen LogP contribution < -0.4 is 5.32 Å². The molecule has 0 saturated heterocycles. The van der Waals surface area contributed by atoms with Gasteiger partial charge in [0.15, 0.2) is 6.04 Å². The Labute approximate surface area is 149 Å². The van der Waals surface area contributed by atoms with Crippen LogP contribution in [0.3, 0.4) is 0 Å². The Hall–Kier alpha value is -2.63. The molecule has 27 heavy (non-hydrogen) atoms. The van der Waals surface area contributed by atoms with E-state index in [4.69, 9.17) is 0 Å². The minimum atomic E-state index is -5.06. The van der Waals surface area contributed by atoms with Gasteiger partial charge in [-0.05, 0) is 18.2 Å². The maximum absolute atomic E-state index is 13.3. The minimum Gasteiger partial charge on any atom is -0.357 e.